The molecule has 1 fully saturated rings. The van der Waals surface area contributed by atoms with Gasteiger partial charge in [-0.3, -0.25) is 4.79 Å². The summed E-state index contributed by atoms with van der Waals surface area (Å²) < 4.78 is 43.9. The summed E-state index contributed by atoms with van der Waals surface area (Å²) in [5.41, 5.74) is 1.08. The molecule has 0 heterocycles. The zero-order valence-electron chi connectivity index (χ0n) is 15.8. The molecule has 1 amide bonds. The number of para-hydroxylation sites is 1. The molecule has 0 saturated heterocycles. The summed E-state index contributed by atoms with van der Waals surface area (Å²) in [7, 11) is 0. The zero-order chi connectivity index (χ0) is 20.0. The third kappa shape index (κ3) is 6.13. The van der Waals surface area contributed by atoms with Gasteiger partial charge in [-0.05, 0) is 44.2 Å². The minimum absolute atomic E-state index is 0.169. The molecule has 0 bridgehead atoms. The smallest absolute Gasteiger partial charge is 0.471 e. The van der Waals surface area contributed by atoms with Crippen LogP contribution in [0, 0.1) is 0 Å². The first-order valence-electron chi connectivity index (χ1n) is 9.47. The van der Waals surface area contributed by atoms with Crippen LogP contribution in [0.1, 0.15) is 57.4 Å². The van der Waals surface area contributed by atoms with Gasteiger partial charge in [0.15, 0.2) is 0 Å². The van der Waals surface area contributed by atoms with E-state index in [-0.39, 0.29) is 6.61 Å². The number of carbonyl (C=O) groups excluding carboxylic acids is 1. The van der Waals surface area contributed by atoms with Crippen molar-refractivity contribution >= 4 is 5.91 Å². The third-order valence-corrected chi connectivity index (χ3v) is 4.93. The van der Waals surface area contributed by atoms with Gasteiger partial charge < -0.3 is 14.7 Å². The molecule has 27 heavy (non-hydrogen) atoms. The quantitative estimate of drug-likeness (QED) is 0.760. The maximum Gasteiger partial charge on any atom is 0.471 e. The molecule has 0 aliphatic heterocycles. The molecular formula is C20H28F3NO3. The van der Waals surface area contributed by atoms with Crippen LogP contribution < -0.4 is 4.74 Å². The van der Waals surface area contributed by atoms with Gasteiger partial charge in [0.05, 0.1) is 6.54 Å². The van der Waals surface area contributed by atoms with Crippen molar-refractivity contribution in [3.05, 3.63) is 29.8 Å². The zero-order valence-corrected chi connectivity index (χ0v) is 15.8. The number of aliphatic hydroxyl groups is 1. The Bertz CT molecular complexity index is 613. The van der Waals surface area contributed by atoms with Gasteiger partial charge in [0.25, 0.3) is 0 Å². The number of ether oxygens (including phenoxy) is 1. The van der Waals surface area contributed by atoms with Crippen LogP contribution in [0.4, 0.5) is 13.2 Å². The Labute approximate surface area is 158 Å². The van der Waals surface area contributed by atoms with Gasteiger partial charge in [-0.15, -0.1) is 0 Å². The standard InChI is InChI=1S/C20H28F3NO3/c1-14(2)24(19(26)20(21,22)23)12-16(25)13-27-18-11-7-6-10-17(18)15-8-4-3-5-9-15/h6-7,10-11,14-16,25H,3-5,8-9,12-13H2,1-2H3. The van der Waals surface area contributed by atoms with Gasteiger partial charge >= 0.3 is 12.1 Å². The van der Waals surface area contributed by atoms with Crippen molar-refractivity contribution in [3.8, 4) is 5.75 Å². The number of nitrogens with zero attached hydrogens (tertiary/aromatic N) is 1. The number of halogens is 3. The molecule has 152 valence electrons. The van der Waals surface area contributed by atoms with Gasteiger partial charge in [-0.25, -0.2) is 0 Å². The van der Waals surface area contributed by atoms with Crippen LogP contribution in [0.2, 0.25) is 0 Å². The van der Waals surface area contributed by atoms with E-state index in [2.05, 4.69) is 0 Å². The summed E-state index contributed by atoms with van der Waals surface area (Å²) in [6.45, 7) is 2.37. The number of amides is 1. The van der Waals surface area contributed by atoms with E-state index >= 15 is 0 Å². The molecule has 7 heteroatoms. The molecular weight excluding hydrogens is 359 g/mol. The van der Waals surface area contributed by atoms with E-state index in [9.17, 15) is 23.1 Å². The molecule has 4 nitrogen and oxygen atoms in total. The number of carbonyl (C=O) groups is 1. The molecule has 0 aromatic heterocycles. The normalized spacial score (nSPS) is 17.0. The van der Waals surface area contributed by atoms with E-state index in [4.69, 9.17) is 4.74 Å². The van der Waals surface area contributed by atoms with Gasteiger partial charge in [-0.2, -0.15) is 13.2 Å². The number of hydrogen-bond acceptors (Lipinski definition) is 3. The first-order valence-corrected chi connectivity index (χ1v) is 9.47. The number of benzene rings is 1. The fourth-order valence-corrected chi connectivity index (χ4v) is 3.52. The third-order valence-electron chi connectivity index (χ3n) is 4.93. The molecule has 0 radical (unpaired) electrons. The Kier molecular flexibility index (Phi) is 7.53. The predicted molar refractivity (Wildman–Crippen MR) is 96.7 cm³/mol. The van der Waals surface area contributed by atoms with E-state index in [0.29, 0.717) is 16.6 Å². The Morgan fingerprint density at radius 3 is 2.44 bits per heavy atom. The van der Waals surface area contributed by atoms with Crippen LogP contribution >= 0.6 is 0 Å². The Morgan fingerprint density at radius 1 is 1.22 bits per heavy atom. The number of hydrogen-bond donors (Lipinski definition) is 1. The van der Waals surface area contributed by atoms with Crippen molar-refractivity contribution in [1.29, 1.82) is 0 Å². The molecule has 0 spiro atoms. The highest BCUT2D eigenvalue weighted by atomic mass is 19.4. The summed E-state index contributed by atoms with van der Waals surface area (Å²) in [5, 5.41) is 10.2. The van der Waals surface area contributed by atoms with E-state index in [1.807, 2.05) is 24.3 Å². The first-order chi connectivity index (χ1) is 12.7. The highest BCUT2D eigenvalue weighted by molar-refractivity contribution is 5.82. The van der Waals surface area contributed by atoms with Crippen LogP contribution in [0.15, 0.2) is 24.3 Å². The van der Waals surface area contributed by atoms with Gasteiger partial charge in [0.1, 0.15) is 18.5 Å². The maximum atomic E-state index is 12.7. The number of aliphatic hydroxyl groups excluding tert-OH is 1. The van der Waals surface area contributed by atoms with Crippen molar-refractivity contribution in [2.45, 2.75) is 70.2 Å². The predicted octanol–water partition coefficient (Wildman–Crippen LogP) is 4.27. The molecule has 2 rings (SSSR count). The lowest BCUT2D eigenvalue weighted by Crippen LogP contribution is -2.49. The Hall–Kier alpha value is -1.76. The lowest BCUT2D eigenvalue weighted by molar-refractivity contribution is -0.188. The number of alkyl halides is 3. The molecule has 1 aromatic rings. The summed E-state index contributed by atoms with van der Waals surface area (Å²) in [6.07, 6.45) is -0.420. The average Bonchev–Trinajstić information content (AvgIpc) is 2.64. The van der Waals surface area contributed by atoms with Crippen molar-refractivity contribution in [3.63, 3.8) is 0 Å². The van der Waals surface area contributed by atoms with E-state index in [1.165, 1.54) is 33.1 Å². The van der Waals surface area contributed by atoms with E-state index in [1.54, 1.807) is 0 Å². The van der Waals surface area contributed by atoms with Crippen LogP contribution in [0.25, 0.3) is 0 Å². The minimum atomic E-state index is -4.96. The van der Waals surface area contributed by atoms with Crippen molar-refractivity contribution < 1.29 is 27.8 Å². The Morgan fingerprint density at radius 2 is 1.85 bits per heavy atom. The number of rotatable bonds is 7. The average molecular weight is 387 g/mol. The molecule has 1 N–H and O–H groups in total. The van der Waals surface area contributed by atoms with Crippen molar-refractivity contribution in [2.75, 3.05) is 13.2 Å². The second-order valence-electron chi connectivity index (χ2n) is 7.39. The van der Waals surface area contributed by atoms with Gasteiger partial charge in [-0.1, -0.05) is 37.5 Å². The summed E-state index contributed by atoms with van der Waals surface area (Å²) in [6, 6.07) is 6.92. The largest absolute Gasteiger partial charge is 0.491 e. The second-order valence-corrected chi connectivity index (χ2v) is 7.39. The molecule has 1 aliphatic carbocycles. The first kappa shape index (κ1) is 21.5. The summed E-state index contributed by atoms with van der Waals surface area (Å²) >= 11 is 0. The van der Waals surface area contributed by atoms with E-state index in [0.717, 1.165) is 18.4 Å². The summed E-state index contributed by atoms with van der Waals surface area (Å²) in [4.78, 5) is 12.2. The fraction of sp³-hybridized carbons (Fsp3) is 0.650. The topological polar surface area (TPSA) is 49.8 Å². The van der Waals surface area contributed by atoms with Crippen LogP contribution in [0.5, 0.6) is 5.75 Å². The van der Waals surface area contributed by atoms with Crippen molar-refractivity contribution in [2.24, 2.45) is 0 Å². The van der Waals surface area contributed by atoms with E-state index < -0.39 is 30.8 Å². The van der Waals surface area contributed by atoms with Crippen LogP contribution in [0.3, 0.4) is 0 Å². The SMILES string of the molecule is CC(C)N(CC(O)COc1ccccc1C1CCCCC1)C(=O)C(F)(F)F. The molecule has 1 saturated carbocycles. The van der Waals surface area contributed by atoms with Gasteiger partial charge in [0.2, 0.25) is 0 Å². The van der Waals surface area contributed by atoms with Crippen LogP contribution in [-0.4, -0.2) is 47.4 Å². The van der Waals surface area contributed by atoms with Crippen molar-refractivity contribution in [1.82, 2.24) is 4.90 Å². The fourth-order valence-electron chi connectivity index (χ4n) is 3.52. The lowest BCUT2D eigenvalue weighted by atomic mass is 9.84. The van der Waals surface area contributed by atoms with Gasteiger partial charge in [0, 0.05) is 6.04 Å². The molecule has 1 atom stereocenters. The molecule has 1 unspecified atom stereocenters. The van der Waals surface area contributed by atoms with Crippen LogP contribution in [-0.2, 0) is 4.79 Å². The Balaban J connectivity index is 1.98. The molecule has 1 aromatic carbocycles. The molecule has 1 aliphatic rings. The highest BCUT2D eigenvalue weighted by Crippen LogP contribution is 2.37. The minimum Gasteiger partial charge on any atom is -0.491 e. The lowest BCUT2D eigenvalue weighted by Gasteiger charge is -2.30. The monoisotopic (exact) mass is 387 g/mol. The highest BCUT2D eigenvalue weighted by Gasteiger charge is 2.43. The maximum absolute atomic E-state index is 12.7. The second kappa shape index (κ2) is 9.44. The summed E-state index contributed by atoms with van der Waals surface area (Å²) in [5.74, 6) is -0.882.